The van der Waals surface area contributed by atoms with Gasteiger partial charge in [-0.25, -0.2) is 13.6 Å². The standard InChI is InChI=1S/C13H14N4O3S/c14-21(19,20)10-6-13(18)17(8-10)12-7-11(15-16-12)9-4-2-1-3-5-9/h1-5,7,10H,6,8H2,(H,15,16)(H2,14,19,20). The number of nitrogens with zero attached hydrogens (tertiary/aromatic N) is 2. The maximum atomic E-state index is 11.9. The number of sulfonamides is 1. The van der Waals surface area contributed by atoms with Gasteiger partial charge >= 0.3 is 0 Å². The van der Waals surface area contributed by atoms with Crippen molar-refractivity contribution in [2.45, 2.75) is 11.7 Å². The lowest BCUT2D eigenvalue weighted by molar-refractivity contribution is -0.117. The Balaban J connectivity index is 1.86. The zero-order valence-corrected chi connectivity index (χ0v) is 11.9. The van der Waals surface area contributed by atoms with Crippen molar-refractivity contribution in [1.82, 2.24) is 10.2 Å². The van der Waals surface area contributed by atoms with Gasteiger partial charge in [0.15, 0.2) is 5.82 Å². The quantitative estimate of drug-likeness (QED) is 0.859. The van der Waals surface area contributed by atoms with Crippen LogP contribution in [0.15, 0.2) is 36.4 Å². The van der Waals surface area contributed by atoms with Gasteiger partial charge in [-0.3, -0.25) is 14.8 Å². The number of H-pyrrole nitrogens is 1. The molecule has 2 aromatic rings. The van der Waals surface area contributed by atoms with Crippen LogP contribution in [0.25, 0.3) is 11.3 Å². The Morgan fingerprint density at radius 1 is 1.29 bits per heavy atom. The van der Waals surface area contributed by atoms with Gasteiger partial charge in [0.2, 0.25) is 15.9 Å². The summed E-state index contributed by atoms with van der Waals surface area (Å²) in [6, 6.07) is 11.2. The molecule has 1 aromatic heterocycles. The molecule has 0 bridgehead atoms. The highest BCUT2D eigenvalue weighted by atomic mass is 32.2. The summed E-state index contributed by atoms with van der Waals surface area (Å²) in [6.45, 7) is 0.0384. The van der Waals surface area contributed by atoms with E-state index in [4.69, 9.17) is 5.14 Å². The van der Waals surface area contributed by atoms with Crippen LogP contribution in [0.1, 0.15) is 6.42 Å². The summed E-state index contributed by atoms with van der Waals surface area (Å²) in [5, 5.41) is 11.2. The summed E-state index contributed by atoms with van der Waals surface area (Å²) in [5.41, 5.74) is 1.70. The molecule has 1 aromatic carbocycles. The first kappa shape index (κ1) is 13.8. The van der Waals surface area contributed by atoms with Gasteiger partial charge in [0.25, 0.3) is 0 Å². The highest BCUT2D eigenvalue weighted by Gasteiger charge is 2.38. The van der Waals surface area contributed by atoms with E-state index < -0.39 is 15.3 Å². The average Bonchev–Trinajstić information content (AvgIpc) is 3.05. The molecule has 0 radical (unpaired) electrons. The number of aromatic amines is 1. The maximum absolute atomic E-state index is 11.9. The number of primary sulfonamides is 1. The fourth-order valence-corrected chi connectivity index (χ4v) is 3.06. The topological polar surface area (TPSA) is 109 Å². The number of rotatable bonds is 3. The molecule has 3 N–H and O–H groups in total. The molecule has 0 saturated carbocycles. The molecule has 0 spiro atoms. The minimum atomic E-state index is -3.72. The van der Waals surface area contributed by atoms with E-state index in [1.807, 2.05) is 30.3 Å². The number of amides is 1. The van der Waals surface area contributed by atoms with E-state index >= 15 is 0 Å². The number of aromatic nitrogens is 2. The van der Waals surface area contributed by atoms with Gasteiger partial charge in [0.05, 0.1) is 5.69 Å². The molecular formula is C13H14N4O3S. The Kier molecular flexibility index (Phi) is 3.26. The van der Waals surface area contributed by atoms with Crippen LogP contribution in [-0.2, 0) is 14.8 Å². The number of hydrogen-bond acceptors (Lipinski definition) is 4. The largest absolute Gasteiger partial charge is 0.294 e. The molecule has 1 aliphatic heterocycles. The van der Waals surface area contributed by atoms with E-state index in [9.17, 15) is 13.2 Å². The van der Waals surface area contributed by atoms with Crippen LogP contribution < -0.4 is 10.0 Å². The number of nitrogens with two attached hydrogens (primary N) is 1. The zero-order chi connectivity index (χ0) is 15.0. The summed E-state index contributed by atoms with van der Waals surface area (Å²) in [4.78, 5) is 13.3. The van der Waals surface area contributed by atoms with Gasteiger partial charge in [-0.2, -0.15) is 5.10 Å². The summed E-state index contributed by atoms with van der Waals surface area (Å²) >= 11 is 0. The van der Waals surface area contributed by atoms with E-state index in [1.165, 1.54) is 4.90 Å². The third-order valence-corrected chi connectivity index (χ3v) is 4.72. The number of nitrogens with one attached hydrogen (secondary N) is 1. The van der Waals surface area contributed by atoms with Gasteiger partial charge in [0, 0.05) is 19.0 Å². The smallest absolute Gasteiger partial charge is 0.229 e. The lowest BCUT2D eigenvalue weighted by atomic mass is 10.1. The van der Waals surface area contributed by atoms with Crippen molar-refractivity contribution in [3.8, 4) is 11.3 Å². The highest BCUT2D eigenvalue weighted by molar-refractivity contribution is 7.89. The van der Waals surface area contributed by atoms with Gasteiger partial charge in [0.1, 0.15) is 5.25 Å². The number of anilines is 1. The van der Waals surface area contributed by atoms with Crippen LogP contribution in [0.5, 0.6) is 0 Å². The molecule has 3 rings (SSSR count). The van der Waals surface area contributed by atoms with Crippen LogP contribution in [0.4, 0.5) is 5.82 Å². The second-order valence-corrected chi connectivity index (χ2v) is 6.77. The highest BCUT2D eigenvalue weighted by Crippen LogP contribution is 2.26. The number of carbonyl (C=O) groups is 1. The number of benzene rings is 1. The molecule has 1 amide bonds. The fraction of sp³-hybridized carbons (Fsp3) is 0.231. The van der Waals surface area contributed by atoms with Crippen molar-refractivity contribution in [3.63, 3.8) is 0 Å². The number of hydrogen-bond donors (Lipinski definition) is 2. The molecule has 1 fully saturated rings. The van der Waals surface area contributed by atoms with Crippen LogP contribution in [-0.4, -0.2) is 36.3 Å². The molecule has 8 heteroatoms. The van der Waals surface area contributed by atoms with Gasteiger partial charge in [-0.15, -0.1) is 0 Å². The third kappa shape index (κ3) is 2.67. The Morgan fingerprint density at radius 3 is 2.62 bits per heavy atom. The summed E-state index contributed by atoms with van der Waals surface area (Å²) in [5.74, 6) is 0.116. The molecule has 1 atom stereocenters. The second-order valence-electron chi connectivity index (χ2n) is 4.93. The first-order chi connectivity index (χ1) is 9.95. The summed E-state index contributed by atoms with van der Waals surface area (Å²) in [7, 11) is -3.72. The Bertz CT molecular complexity index is 770. The Labute approximate surface area is 121 Å². The van der Waals surface area contributed by atoms with Crippen LogP contribution in [0.2, 0.25) is 0 Å². The van der Waals surface area contributed by atoms with Crippen molar-refractivity contribution >= 4 is 21.7 Å². The molecule has 7 nitrogen and oxygen atoms in total. The maximum Gasteiger partial charge on any atom is 0.229 e. The van der Waals surface area contributed by atoms with Crippen molar-refractivity contribution in [3.05, 3.63) is 36.4 Å². The van der Waals surface area contributed by atoms with Crippen molar-refractivity contribution in [2.75, 3.05) is 11.4 Å². The minimum absolute atomic E-state index is 0.0384. The molecule has 1 unspecified atom stereocenters. The normalized spacial score (nSPS) is 19.2. The van der Waals surface area contributed by atoms with Crippen LogP contribution in [0, 0.1) is 0 Å². The molecule has 0 aliphatic carbocycles. The summed E-state index contributed by atoms with van der Waals surface area (Å²) < 4.78 is 22.7. The van der Waals surface area contributed by atoms with E-state index in [-0.39, 0.29) is 18.9 Å². The lowest BCUT2D eigenvalue weighted by Gasteiger charge is -2.12. The average molecular weight is 306 g/mol. The van der Waals surface area contributed by atoms with Crippen LogP contribution in [0.3, 0.4) is 0 Å². The fourth-order valence-electron chi connectivity index (χ4n) is 2.33. The van der Waals surface area contributed by atoms with Gasteiger partial charge in [-0.1, -0.05) is 30.3 Å². The molecule has 2 heterocycles. The molecule has 1 aliphatic rings. The van der Waals surface area contributed by atoms with Gasteiger partial charge < -0.3 is 0 Å². The molecular weight excluding hydrogens is 292 g/mol. The van der Waals surface area contributed by atoms with E-state index in [0.717, 1.165) is 11.3 Å². The first-order valence-corrected chi connectivity index (χ1v) is 7.99. The second kappa shape index (κ2) is 4.97. The predicted molar refractivity (Wildman–Crippen MR) is 77.9 cm³/mol. The predicted octanol–water partition coefficient (Wildman–Crippen LogP) is 0.471. The van der Waals surface area contributed by atoms with E-state index in [0.29, 0.717) is 5.82 Å². The molecule has 21 heavy (non-hydrogen) atoms. The van der Waals surface area contributed by atoms with E-state index in [2.05, 4.69) is 10.2 Å². The number of carbonyl (C=O) groups excluding carboxylic acids is 1. The summed E-state index contributed by atoms with van der Waals surface area (Å²) in [6.07, 6.45) is -0.105. The van der Waals surface area contributed by atoms with Crippen molar-refractivity contribution in [1.29, 1.82) is 0 Å². The SMILES string of the molecule is NS(=O)(=O)C1CC(=O)N(c2cc(-c3ccccc3)[nH]n2)C1. The lowest BCUT2D eigenvalue weighted by Crippen LogP contribution is -2.32. The molecule has 1 saturated heterocycles. The first-order valence-electron chi connectivity index (χ1n) is 6.38. The monoisotopic (exact) mass is 306 g/mol. The van der Waals surface area contributed by atoms with E-state index in [1.54, 1.807) is 6.07 Å². The minimum Gasteiger partial charge on any atom is -0.294 e. The van der Waals surface area contributed by atoms with Gasteiger partial charge in [-0.05, 0) is 5.56 Å². The Morgan fingerprint density at radius 2 is 2.00 bits per heavy atom. The van der Waals surface area contributed by atoms with Crippen molar-refractivity contribution < 1.29 is 13.2 Å². The Hall–Kier alpha value is -2.19. The van der Waals surface area contributed by atoms with Crippen molar-refractivity contribution in [2.24, 2.45) is 5.14 Å². The zero-order valence-electron chi connectivity index (χ0n) is 11.1. The molecule has 110 valence electrons. The van der Waals surface area contributed by atoms with Crippen LogP contribution >= 0.6 is 0 Å². The third-order valence-electron chi connectivity index (χ3n) is 3.48.